The van der Waals surface area contributed by atoms with Crippen LogP contribution >= 0.6 is 0 Å². The molecule has 0 spiro atoms. The van der Waals surface area contributed by atoms with Crippen LogP contribution in [0.4, 0.5) is 0 Å². The molecule has 2 aliphatic rings. The van der Waals surface area contributed by atoms with E-state index in [1.807, 2.05) is 30.3 Å². The van der Waals surface area contributed by atoms with Crippen LogP contribution in [0.15, 0.2) is 30.3 Å². The lowest BCUT2D eigenvalue weighted by molar-refractivity contribution is 0.0581. The van der Waals surface area contributed by atoms with Gasteiger partial charge in [0.25, 0.3) is 0 Å². The molecule has 1 saturated heterocycles. The van der Waals surface area contributed by atoms with E-state index in [0.29, 0.717) is 25.1 Å². The Kier molecular flexibility index (Phi) is 5.12. The normalized spacial score (nSPS) is 23.4. The second kappa shape index (κ2) is 7.25. The maximum atomic E-state index is 10.2. The van der Waals surface area contributed by atoms with E-state index in [0.717, 1.165) is 31.9 Å². The molecule has 0 radical (unpaired) electrons. The Morgan fingerprint density at radius 1 is 1.24 bits per heavy atom. The molecule has 3 rings (SSSR count). The fraction of sp³-hybridized carbons (Fsp3) is 0.647. The molecular weight excluding hydrogens is 266 g/mol. The second-order valence-corrected chi connectivity index (χ2v) is 6.19. The van der Waals surface area contributed by atoms with E-state index in [4.69, 9.17) is 9.47 Å². The molecular formula is C17H25NO3. The van der Waals surface area contributed by atoms with Crippen molar-refractivity contribution in [3.05, 3.63) is 30.3 Å². The highest BCUT2D eigenvalue weighted by molar-refractivity contribution is 5.20. The Morgan fingerprint density at radius 2 is 2.05 bits per heavy atom. The van der Waals surface area contributed by atoms with Gasteiger partial charge >= 0.3 is 0 Å². The van der Waals surface area contributed by atoms with Crippen molar-refractivity contribution < 1.29 is 14.6 Å². The van der Waals surface area contributed by atoms with Crippen LogP contribution < -0.4 is 4.74 Å². The molecule has 0 aromatic heterocycles. The lowest BCUT2D eigenvalue weighted by atomic mass is 10.1. The van der Waals surface area contributed by atoms with Crippen LogP contribution in [0.2, 0.25) is 0 Å². The van der Waals surface area contributed by atoms with Crippen molar-refractivity contribution in [1.29, 1.82) is 0 Å². The fourth-order valence-corrected chi connectivity index (χ4v) is 2.90. The number of benzene rings is 1. The molecule has 1 aliphatic heterocycles. The first kappa shape index (κ1) is 14.8. The van der Waals surface area contributed by atoms with Crippen molar-refractivity contribution in [3.63, 3.8) is 0 Å². The smallest absolute Gasteiger partial charge is 0.119 e. The molecule has 116 valence electrons. The van der Waals surface area contributed by atoms with E-state index in [1.165, 1.54) is 12.8 Å². The van der Waals surface area contributed by atoms with Crippen molar-refractivity contribution in [3.8, 4) is 5.75 Å². The molecule has 1 aromatic rings. The third-order valence-electron chi connectivity index (χ3n) is 4.21. The minimum absolute atomic E-state index is 0.356. The van der Waals surface area contributed by atoms with E-state index >= 15 is 0 Å². The molecule has 2 atom stereocenters. The number of rotatable bonds is 8. The largest absolute Gasteiger partial charge is 0.491 e. The first-order chi connectivity index (χ1) is 10.3. The average molecular weight is 291 g/mol. The average Bonchev–Trinajstić information content (AvgIpc) is 3.24. The Bertz CT molecular complexity index is 415. The number of para-hydroxylation sites is 1. The molecule has 4 nitrogen and oxygen atoms in total. The maximum absolute atomic E-state index is 10.2. The van der Waals surface area contributed by atoms with Gasteiger partial charge in [0.1, 0.15) is 18.5 Å². The zero-order valence-corrected chi connectivity index (χ0v) is 12.5. The van der Waals surface area contributed by atoms with E-state index in [1.54, 1.807) is 0 Å². The highest BCUT2D eigenvalue weighted by Crippen LogP contribution is 2.29. The molecule has 4 heteroatoms. The molecule has 0 bridgehead atoms. The lowest BCUT2D eigenvalue weighted by Crippen LogP contribution is -2.40. The summed E-state index contributed by atoms with van der Waals surface area (Å²) in [4.78, 5) is 2.43. The SMILES string of the molecule is OC(COc1ccccc1)CN(CC1CCOC1)C1CC1. The monoisotopic (exact) mass is 291 g/mol. The van der Waals surface area contributed by atoms with Crippen LogP contribution in [0, 0.1) is 5.92 Å². The number of ether oxygens (including phenoxy) is 2. The molecule has 1 saturated carbocycles. The van der Waals surface area contributed by atoms with E-state index in [2.05, 4.69) is 4.90 Å². The quantitative estimate of drug-likeness (QED) is 0.794. The van der Waals surface area contributed by atoms with Gasteiger partial charge in [-0.3, -0.25) is 4.90 Å². The highest BCUT2D eigenvalue weighted by Gasteiger charge is 2.32. The molecule has 1 N–H and O–H groups in total. The highest BCUT2D eigenvalue weighted by atomic mass is 16.5. The molecule has 1 aromatic carbocycles. The van der Waals surface area contributed by atoms with Crippen LogP contribution in [-0.2, 0) is 4.74 Å². The molecule has 21 heavy (non-hydrogen) atoms. The van der Waals surface area contributed by atoms with Gasteiger partial charge in [0, 0.05) is 25.7 Å². The zero-order chi connectivity index (χ0) is 14.5. The summed E-state index contributed by atoms with van der Waals surface area (Å²) in [5, 5.41) is 10.2. The summed E-state index contributed by atoms with van der Waals surface area (Å²) in [6, 6.07) is 10.3. The van der Waals surface area contributed by atoms with Gasteiger partial charge in [0.2, 0.25) is 0 Å². The lowest BCUT2D eigenvalue weighted by Gasteiger charge is -2.27. The van der Waals surface area contributed by atoms with E-state index in [-0.39, 0.29) is 0 Å². The molecule has 2 unspecified atom stereocenters. The molecule has 0 amide bonds. The van der Waals surface area contributed by atoms with Crippen LogP contribution in [0.5, 0.6) is 5.75 Å². The van der Waals surface area contributed by atoms with Crippen molar-refractivity contribution in [2.24, 2.45) is 5.92 Å². The van der Waals surface area contributed by atoms with Gasteiger partial charge in [-0.25, -0.2) is 0 Å². The first-order valence-corrected chi connectivity index (χ1v) is 7.99. The zero-order valence-electron chi connectivity index (χ0n) is 12.5. The van der Waals surface area contributed by atoms with Gasteiger partial charge in [-0.1, -0.05) is 18.2 Å². The van der Waals surface area contributed by atoms with Crippen molar-refractivity contribution in [2.45, 2.75) is 31.4 Å². The maximum Gasteiger partial charge on any atom is 0.119 e. The van der Waals surface area contributed by atoms with Gasteiger partial charge < -0.3 is 14.6 Å². The van der Waals surface area contributed by atoms with Gasteiger partial charge in [0.15, 0.2) is 0 Å². The number of aliphatic hydroxyl groups excluding tert-OH is 1. The Morgan fingerprint density at radius 3 is 2.71 bits per heavy atom. The van der Waals surface area contributed by atoms with Gasteiger partial charge in [-0.15, -0.1) is 0 Å². The molecule has 1 heterocycles. The predicted molar refractivity (Wildman–Crippen MR) is 81.5 cm³/mol. The summed E-state index contributed by atoms with van der Waals surface area (Å²) >= 11 is 0. The van der Waals surface area contributed by atoms with Gasteiger partial charge in [0.05, 0.1) is 6.61 Å². The van der Waals surface area contributed by atoms with Gasteiger partial charge in [-0.05, 0) is 37.3 Å². The standard InChI is InChI=1S/C17H25NO3/c19-16(13-21-17-4-2-1-3-5-17)11-18(15-6-7-15)10-14-8-9-20-12-14/h1-5,14-16,19H,6-13H2. The minimum atomic E-state index is -0.437. The Hall–Kier alpha value is -1.10. The molecule has 1 aliphatic carbocycles. The third kappa shape index (κ3) is 4.70. The summed E-state index contributed by atoms with van der Waals surface area (Å²) in [5.41, 5.74) is 0. The van der Waals surface area contributed by atoms with Gasteiger partial charge in [-0.2, -0.15) is 0 Å². The summed E-state index contributed by atoms with van der Waals surface area (Å²) in [7, 11) is 0. The Balaban J connectivity index is 1.43. The second-order valence-electron chi connectivity index (χ2n) is 6.19. The number of aliphatic hydroxyl groups is 1. The molecule has 2 fully saturated rings. The van der Waals surface area contributed by atoms with E-state index < -0.39 is 6.10 Å². The summed E-state index contributed by atoms with van der Waals surface area (Å²) < 4.78 is 11.1. The summed E-state index contributed by atoms with van der Waals surface area (Å²) in [6.45, 7) is 3.87. The first-order valence-electron chi connectivity index (χ1n) is 7.99. The number of hydrogen-bond acceptors (Lipinski definition) is 4. The van der Waals surface area contributed by atoms with Crippen molar-refractivity contribution in [2.75, 3.05) is 32.9 Å². The summed E-state index contributed by atoms with van der Waals surface area (Å²) in [6.07, 6.45) is 3.24. The minimum Gasteiger partial charge on any atom is -0.491 e. The van der Waals surface area contributed by atoms with Crippen LogP contribution in [0.1, 0.15) is 19.3 Å². The summed E-state index contributed by atoms with van der Waals surface area (Å²) in [5.74, 6) is 1.45. The van der Waals surface area contributed by atoms with Crippen molar-refractivity contribution in [1.82, 2.24) is 4.90 Å². The van der Waals surface area contributed by atoms with E-state index in [9.17, 15) is 5.11 Å². The predicted octanol–water partition coefficient (Wildman–Crippen LogP) is 1.93. The fourth-order valence-electron chi connectivity index (χ4n) is 2.90. The topological polar surface area (TPSA) is 41.9 Å². The number of nitrogens with zero attached hydrogens (tertiary/aromatic N) is 1. The van der Waals surface area contributed by atoms with Crippen LogP contribution in [0.25, 0.3) is 0 Å². The number of hydrogen-bond donors (Lipinski definition) is 1. The van der Waals surface area contributed by atoms with Crippen molar-refractivity contribution >= 4 is 0 Å². The third-order valence-corrected chi connectivity index (χ3v) is 4.21. The Labute approximate surface area is 126 Å². The van der Waals surface area contributed by atoms with Crippen LogP contribution in [-0.4, -0.2) is 55.1 Å². The van der Waals surface area contributed by atoms with Crippen LogP contribution in [0.3, 0.4) is 0 Å².